The molecule has 34 heavy (non-hydrogen) atoms. The van der Waals surface area contributed by atoms with Gasteiger partial charge in [-0.2, -0.15) is 0 Å². The molecular weight excluding hydrogens is 436 g/mol. The van der Waals surface area contributed by atoms with Gasteiger partial charge in [-0.25, -0.2) is 0 Å². The topological polar surface area (TPSA) is 138 Å². The van der Waals surface area contributed by atoms with E-state index < -0.39 is 51.7 Å². The van der Waals surface area contributed by atoms with E-state index in [1.54, 1.807) is 13.8 Å². The third-order valence-electron chi connectivity index (χ3n) is 10.7. The summed E-state index contributed by atoms with van der Waals surface area (Å²) in [6.45, 7) is 9.58. The van der Waals surface area contributed by atoms with Gasteiger partial charge in [0.1, 0.15) is 5.60 Å². The summed E-state index contributed by atoms with van der Waals surface area (Å²) >= 11 is 0. The molecule has 7 heteroatoms. The van der Waals surface area contributed by atoms with Crippen LogP contribution in [0.5, 0.6) is 0 Å². The summed E-state index contributed by atoms with van der Waals surface area (Å²) in [5, 5.41) is 66.9. The average Bonchev–Trinajstić information content (AvgIpc) is 3.02. The van der Waals surface area contributed by atoms with Gasteiger partial charge >= 0.3 is 0 Å². The molecule has 0 aromatic rings. The summed E-state index contributed by atoms with van der Waals surface area (Å²) in [4.78, 5) is 13.3. The minimum atomic E-state index is -1.79. The maximum atomic E-state index is 13.3. The Balaban J connectivity index is 1.71. The highest BCUT2D eigenvalue weighted by Crippen LogP contribution is 2.69. The first-order chi connectivity index (χ1) is 15.5. The lowest BCUT2D eigenvalue weighted by Gasteiger charge is -2.62. The van der Waals surface area contributed by atoms with E-state index in [1.165, 1.54) is 6.08 Å². The highest BCUT2D eigenvalue weighted by Gasteiger charge is 2.71. The van der Waals surface area contributed by atoms with Crippen LogP contribution < -0.4 is 0 Å². The van der Waals surface area contributed by atoms with Crippen molar-refractivity contribution < 1.29 is 35.4 Å². The second kappa shape index (κ2) is 8.09. The summed E-state index contributed by atoms with van der Waals surface area (Å²) in [5.74, 6) is -0.821. The fourth-order valence-electron chi connectivity index (χ4n) is 8.31. The van der Waals surface area contributed by atoms with Crippen LogP contribution in [0.3, 0.4) is 0 Å². The van der Waals surface area contributed by atoms with Gasteiger partial charge in [0, 0.05) is 17.3 Å². The molecular formula is C27H44O7. The smallest absolute Gasteiger partial charge is 0.187 e. The molecule has 4 aliphatic rings. The largest absolute Gasteiger partial charge is 0.390 e. The molecule has 0 aliphatic heterocycles. The lowest BCUT2D eigenvalue weighted by Crippen LogP contribution is -2.69. The minimum absolute atomic E-state index is 0.0697. The molecule has 0 aromatic heterocycles. The molecule has 0 radical (unpaired) electrons. The van der Waals surface area contributed by atoms with Crippen molar-refractivity contribution in [2.24, 2.45) is 28.6 Å². The lowest BCUT2D eigenvalue weighted by atomic mass is 9.44. The van der Waals surface area contributed by atoms with Gasteiger partial charge in [0.25, 0.3) is 0 Å². The predicted octanol–water partition coefficient (Wildman–Crippen LogP) is 1.85. The summed E-state index contributed by atoms with van der Waals surface area (Å²) < 4.78 is 0. The van der Waals surface area contributed by atoms with E-state index in [2.05, 4.69) is 13.8 Å². The molecule has 0 bridgehead atoms. The van der Waals surface area contributed by atoms with Crippen LogP contribution in [0.1, 0.15) is 86.0 Å². The Morgan fingerprint density at radius 2 is 1.62 bits per heavy atom. The van der Waals surface area contributed by atoms with Gasteiger partial charge in [0.05, 0.1) is 29.5 Å². The number of ketones is 1. The van der Waals surface area contributed by atoms with E-state index in [4.69, 9.17) is 0 Å². The second-order valence-corrected chi connectivity index (χ2v) is 13.0. The fourth-order valence-corrected chi connectivity index (χ4v) is 8.31. The Labute approximate surface area is 202 Å². The van der Waals surface area contributed by atoms with Gasteiger partial charge in [-0.3, -0.25) is 4.79 Å². The molecule has 3 fully saturated rings. The zero-order chi connectivity index (χ0) is 25.5. The van der Waals surface area contributed by atoms with Crippen LogP contribution in [0, 0.1) is 28.6 Å². The normalized spacial score (nSPS) is 49.1. The zero-order valence-corrected chi connectivity index (χ0v) is 21.3. The summed E-state index contributed by atoms with van der Waals surface area (Å²) in [5.41, 5.74) is -5.73. The van der Waals surface area contributed by atoms with Crippen molar-refractivity contribution in [2.75, 3.05) is 0 Å². The summed E-state index contributed by atoms with van der Waals surface area (Å²) in [6.07, 6.45) is 1.37. The standard InChI is InChI=1S/C27H44O7/c1-15(2)6-7-21(30)25(5,32)20-9-11-26(33)17-12-22(31)27(34)14-19(29)18(28)13-24(27,4)16(17)8-10-23(20,26)3/h12,15-16,18-21,28-30,32-34H,6-11,13-14H2,1-5H3. The average molecular weight is 481 g/mol. The number of aliphatic hydroxyl groups is 6. The Bertz CT molecular complexity index is 867. The minimum Gasteiger partial charge on any atom is -0.390 e. The quantitative estimate of drug-likeness (QED) is 0.353. The van der Waals surface area contributed by atoms with Crippen LogP contribution in [0.25, 0.3) is 0 Å². The Morgan fingerprint density at radius 3 is 2.24 bits per heavy atom. The van der Waals surface area contributed by atoms with Crippen molar-refractivity contribution in [3.8, 4) is 0 Å². The molecule has 6 N–H and O–H groups in total. The molecule has 3 saturated carbocycles. The Morgan fingerprint density at radius 1 is 1.00 bits per heavy atom. The molecule has 0 spiro atoms. The Kier molecular flexibility index (Phi) is 6.24. The molecule has 0 heterocycles. The fraction of sp³-hybridized carbons (Fsp3) is 0.889. The van der Waals surface area contributed by atoms with Gasteiger partial charge in [0.15, 0.2) is 5.78 Å². The maximum absolute atomic E-state index is 13.3. The van der Waals surface area contributed by atoms with Gasteiger partial charge < -0.3 is 30.6 Å². The van der Waals surface area contributed by atoms with E-state index in [0.717, 1.165) is 6.42 Å². The first kappa shape index (κ1) is 26.2. The lowest BCUT2D eigenvalue weighted by molar-refractivity contribution is -0.211. The van der Waals surface area contributed by atoms with E-state index >= 15 is 0 Å². The molecule has 10 atom stereocenters. The van der Waals surface area contributed by atoms with Crippen LogP contribution in [0.4, 0.5) is 0 Å². The van der Waals surface area contributed by atoms with Crippen LogP contribution >= 0.6 is 0 Å². The van der Waals surface area contributed by atoms with E-state index in [0.29, 0.717) is 43.6 Å². The zero-order valence-electron chi connectivity index (χ0n) is 21.3. The molecule has 0 aromatic carbocycles. The van der Waals surface area contributed by atoms with Gasteiger partial charge in [-0.05, 0) is 81.3 Å². The van der Waals surface area contributed by atoms with E-state index in [-0.39, 0.29) is 24.7 Å². The van der Waals surface area contributed by atoms with Gasteiger partial charge in [-0.1, -0.05) is 27.7 Å². The maximum Gasteiger partial charge on any atom is 0.187 e. The van der Waals surface area contributed by atoms with Crippen molar-refractivity contribution in [3.05, 3.63) is 11.6 Å². The monoisotopic (exact) mass is 480 g/mol. The van der Waals surface area contributed by atoms with Crippen LogP contribution in [0.2, 0.25) is 0 Å². The van der Waals surface area contributed by atoms with Crippen molar-refractivity contribution >= 4 is 5.78 Å². The third-order valence-corrected chi connectivity index (χ3v) is 10.7. The first-order valence-corrected chi connectivity index (χ1v) is 13.0. The SMILES string of the molecule is CC(C)CCC(O)C(C)(O)C1CCC2(O)C3=CC(=O)C4(O)CC(O)C(O)CC4(C)C3CCC12C. The predicted molar refractivity (Wildman–Crippen MR) is 127 cm³/mol. The summed E-state index contributed by atoms with van der Waals surface area (Å²) in [6, 6.07) is 0. The van der Waals surface area contributed by atoms with Crippen molar-refractivity contribution in [1.29, 1.82) is 0 Å². The van der Waals surface area contributed by atoms with Crippen LogP contribution in [-0.4, -0.2) is 71.5 Å². The van der Waals surface area contributed by atoms with Gasteiger partial charge in [-0.15, -0.1) is 0 Å². The van der Waals surface area contributed by atoms with Crippen molar-refractivity contribution in [2.45, 2.75) is 121 Å². The number of rotatable bonds is 5. The van der Waals surface area contributed by atoms with Crippen LogP contribution in [0.15, 0.2) is 11.6 Å². The number of fused-ring (bicyclic) bond motifs is 5. The number of hydrogen-bond acceptors (Lipinski definition) is 7. The number of carbonyl (C=O) groups excluding carboxylic acids is 1. The number of hydrogen-bond donors (Lipinski definition) is 6. The second-order valence-electron chi connectivity index (χ2n) is 13.0. The van der Waals surface area contributed by atoms with E-state index in [1.807, 2.05) is 6.92 Å². The molecule has 194 valence electrons. The molecule has 4 aliphatic carbocycles. The van der Waals surface area contributed by atoms with Crippen molar-refractivity contribution in [3.63, 3.8) is 0 Å². The number of carbonyl (C=O) groups is 1. The molecule has 7 nitrogen and oxygen atoms in total. The molecule has 0 saturated heterocycles. The van der Waals surface area contributed by atoms with Crippen LogP contribution in [-0.2, 0) is 4.79 Å². The summed E-state index contributed by atoms with van der Waals surface area (Å²) in [7, 11) is 0. The van der Waals surface area contributed by atoms with Crippen molar-refractivity contribution in [1.82, 2.24) is 0 Å². The first-order valence-electron chi connectivity index (χ1n) is 13.0. The van der Waals surface area contributed by atoms with Gasteiger partial charge in [0.2, 0.25) is 0 Å². The molecule has 4 rings (SSSR count). The highest BCUT2D eigenvalue weighted by molar-refractivity contribution is 6.00. The molecule has 0 amide bonds. The molecule has 10 unspecified atom stereocenters. The number of aliphatic hydroxyl groups excluding tert-OH is 3. The Hall–Kier alpha value is -0.830. The third kappa shape index (κ3) is 3.34. The highest BCUT2D eigenvalue weighted by atomic mass is 16.3. The van der Waals surface area contributed by atoms with E-state index in [9.17, 15) is 35.4 Å².